The van der Waals surface area contributed by atoms with Crippen molar-refractivity contribution in [2.45, 2.75) is 65.1 Å². The quantitative estimate of drug-likeness (QED) is 0.689. The predicted molar refractivity (Wildman–Crippen MR) is 114 cm³/mol. The van der Waals surface area contributed by atoms with E-state index in [0.29, 0.717) is 6.42 Å². The molecule has 0 aromatic heterocycles. The topological polar surface area (TPSA) is 84.9 Å². The zero-order valence-electron chi connectivity index (χ0n) is 18.7. The van der Waals surface area contributed by atoms with E-state index >= 15 is 0 Å². The molecule has 1 aliphatic rings. The molecule has 1 N–H and O–H groups in total. The summed E-state index contributed by atoms with van der Waals surface area (Å²) in [5.74, 6) is -1.50. The van der Waals surface area contributed by atoms with Crippen LogP contribution in [0.3, 0.4) is 0 Å². The smallest absolute Gasteiger partial charge is 0.416 e. The van der Waals surface area contributed by atoms with Gasteiger partial charge in [-0.05, 0) is 44.7 Å². The molecule has 0 bridgehead atoms. The number of rotatable bonds is 7. The van der Waals surface area contributed by atoms with Crippen LogP contribution < -0.4 is 5.32 Å². The Morgan fingerprint density at radius 3 is 2.52 bits per heavy atom. The first-order chi connectivity index (χ1) is 14.5. The normalized spacial score (nSPS) is 18.0. The molecular formula is C23H31FN2O5. The van der Waals surface area contributed by atoms with Crippen LogP contribution >= 0.6 is 0 Å². The third-order valence-corrected chi connectivity index (χ3v) is 4.65. The molecule has 31 heavy (non-hydrogen) atoms. The summed E-state index contributed by atoms with van der Waals surface area (Å²) >= 11 is 0. The Morgan fingerprint density at radius 1 is 1.29 bits per heavy atom. The third kappa shape index (κ3) is 7.38. The lowest BCUT2D eigenvalue weighted by molar-refractivity contribution is -0.128. The van der Waals surface area contributed by atoms with Gasteiger partial charge in [0, 0.05) is 6.42 Å². The van der Waals surface area contributed by atoms with Crippen molar-refractivity contribution < 1.29 is 28.2 Å². The van der Waals surface area contributed by atoms with E-state index in [9.17, 15) is 18.8 Å². The zero-order valence-corrected chi connectivity index (χ0v) is 18.7. The maximum absolute atomic E-state index is 14.8. The van der Waals surface area contributed by atoms with Crippen LogP contribution in [-0.2, 0) is 20.7 Å². The number of benzene rings is 1. The Bertz CT molecular complexity index is 817. The number of nitrogens with one attached hydrogen (secondary N) is 1. The molecule has 1 fully saturated rings. The molecule has 1 aliphatic heterocycles. The number of hydrogen-bond donors (Lipinski definition) is 1. The number of nitrogens with zero attached hydrogens (tertiary/aromatic N) is 1. The van der Waals surface area contributed by atoms with E-state index in [2.05, 4.69) is 5.32 Å². The molecule has 1 saturated heterocycles. The molecule has 8 heteroatoms. The fourth-order valence-corrected chi connectivity index (χ4v) is 3.20. The summed E-state index contributed by atoms with van der Waals surface area (Å²) in [5, 5.41) is 2.50. The lowest BCUT2D eigenvalue weighted by atomic mass is 10.0. The highest BCUT2D eigenvalue weighted by molar-refractivity contribution is 5.94. The monoisotopic (exact) mass is 434 g/mol. The average molecular weight is 435 g/mol. The number of cyclic esters (lactones) is 1. The van der Waals surface area contributed by atoms with Gasteiger partial charge in [-0.2, -0.15) is 0 Å². The molecular weight excluding hydrogens is 403 g/mol. The summed E-state index contributed by atoms with van der Waals surface area (Å²) in [5.41, 5.74) is 0.248. The van der Waals surface area contributed by atoms with Crippen LogP contribution in [0.4, 0.5) is 14.0 Å². The van der Waals surface area contributed by atoms with Gasteiger partial charge in [0.1, 0.15) is 18.0 Å². The van der Waals surface area contributed by atoms with Crippen molar-refractivity contribution >= 4 is 18.1 Å². The second-order valence-corrected chi connectivity index (χ2v) is 8.85. The Morgan fingerprint density at radius 2 is 1.94 bits per heavy atom. The van der Waals surface area contributed by atoms with Gasteiger partial charge < -0.3 is 14.8 Å². The largest absolute Gasteiger partial charge is 0.447 e. The first kappa shape index (κ1) is 24.4. The third-order valence-electron chi connectivity index (χ3n) is 4.65. The van der Waals surface area contributed by atoms with Crippen LogP contribution in [-0.4, -0.2) is 47.3 Å². The first-order valence-corrected chi connectivity index (χ1v) is 10.4. The second kappa shape index (κ2) is 10.4. The molecule has 1 aromatic carbocycles. The minimum absolute atomic E-state index is 0.0977. The Kier molecular flexibility index (Phi) is 8.19. The van der Waals surface area contributed by atoms with E-state index in [1.807, 2.05) is 30.3 Å². The molecule has 2 atom stereocenters. The van der Waals surface area contributed by atoms with Gasteiger partial charge in [-0.25, -0.2) is 18.9 Å². The van der Waals surface area contributed by atoms with Gasteiger partial charge in [-0.15, -0.1) is 0 Å². The molecule has 0 aliphatic carbocycles. The fraction of sp³-hybridized carbons (Fsp3) is 0.522. The zero-order chi connectivity index (χ0) is 23.2. The molecule has 2 rings (SSSR count). The lowest BCUT2D eigenvalue weighted by Gasteiger charge is -2.25. The van der Waals surface area contributed by atoms with Crippen LogP contribution in [0.5, 0.6) is 0 Å². The highest BCUT2D eigenvalue weighted by Gasteiger charge is 2.37. The highest BCUT2D eigenvalue weighted by atomic mass is 19.1. The van der Waals surface area contributed by atoms with Gasteiger partial charge in [0.25, 0.3) is 0 Å². The van der Waals surface area contributed by atoms with Crippen molar-refractivity contribution in [2.75, 3.05) is 6.61 Å². The van der Waals surface area contributed by atoms with Crippen molar-refractivity contribution in [1.82, 2.24) is 10.2 Å². The van der Waals surface area contributed by atoms with Crippen molar-refractivity contribution in [3.63, 3.8) is 0 Å². The number of halogens is 1. The fourth-order valence-electron chi connectivity index (χ4n) is 3.20. The van der Waals surface area contributed by atoms with Gasteiger partial charge in [0.15, 0.2) is 0 Å². The Hall–Kier alpha value is -2.90. The molecule has 170 valence electrons. The van der Waals surface area contributed by atoms with Gasteiger partial charge in [0.2, 0.25) is 5.91 Å². The summed E-state index contributed by atoms with van der Waals surface area (Å²) in [4.78, 5) is 37.8. The number of carbonyl (C=O) groups excluding carboxylic acids is 3. The van der Waals surface area contributed by atoms with Gasteiger partial charge in [0.05, 0.1) is 12.1 Å². The van der Waals surface area contributed by atoms with Crippen molar-refractivity contribution in [3.05, 3.63) is 47.8 Å². The predicted octanol–water partition coefficient (Wildman–Crippen LogP) is 4.37. The number of alkyl carbamates (subject to hydrolysis) is 1. The molecule has 7 nitrogen and oxygen atoms in total. The van der Waals surface area contributed by atoms with Crippen molar-refractivity contribution in [1.29, 1.82) is 0 Å². The van der Waals surface area contributed by atoms with Gasteiger partial charge >= 0.3 is 12.2 Å². The van der Waals surface area contributed by atoms with Crippen LogP contribution in [0.2, 0.25) is 0 Å². The van der Waals surface area contributed by atoms with Gasteiger partial charge in [-0.1, -0.05) is 44.2 Å². The highest BCUT2D eigenvalue weighted by Crippen LogP contribution is 2.20. The molecule has 0 radical (unpaired) electrons. The number of hydrogen-bond acceptors (Lipinski definition) is 5. The summed E-state index contributed by atoms with van der Waals surface area (Å²) in [6, 6.07) is 8.04. The van der Waals surface area contributed by atoms with Crippen LogP contribution in [0.1, 0.15) is 46.6 Å². The molecule has 0 saturated carbocycles. The summed E-state index contributed by atoms with van der Waals surface area (Å²) in [6.07, 6.45) is -0.250. The van der Waals surface area contributed by atoms with E-state index in [0.717, 1.165) is 16.5 Å². The summed E-state index contributed by atoms with van der Waals surface area (Å²) < 4.78 is 25.0. The van der Waals surface area contributed by atoms with Crippen LogP contribution in [0.15, 0.2) is 42.2 Å². The maximum Gasteiger partial charge on any atom is 0.416 e. The van der Waals surface area contributed by atoms with E-state index in [1.54, 1.807) is 34.6 Å². The minimum atomic E-state index is -0.951. The Labute approximate surface area is 182 Å². The number of amides is 3. The molecule has 0 unspecified atom stereocenters. The first-order valence-electron chi connectivity index (χ1n) is 10.4. The molecule has 0 spiro atoms. The Balaban J connectivity index is 2.04. The van der Waals surface area contributed by atoms with Gasteiger partial charge in [-0.3, -0.25) is 4.79 Å². The standard InChI is InChI=1S/C23H31FN2O5/c1-15(2)20(25-21(28)31-23(3,4)5)18(24)11-12-19(27)26-17(14-30-22(26)29)13-16-9-7-6-8-10-16/h6-11,15,17,20H,12-14H2,1-5H3,(H,25,28)/b18-11-/t17-,20+/m0/s1. The van der Waals surface area contributed by atoms with Crippen LogP contribution in [0, 0.1) is 5.92 Å². The second-order valence-electron chi connectivity index (χ2n) is 8.85. The van der Waals surface area contributed by atoms with E-state index < -0.39 is 41.6 Å². The van der Waals surface area contributed by atoms with E-state index in [4.69, 9.17) is 9.47 Å². The molecule has 1 aromatic rings. The van der Waals surface area contributed by atoms with E-state index in [1.165, 1.54) is 0 Å². The van der Waals surface area contributed by atoms with Crippen molar-refractivity contribution in [3.8, 4) is 0 Å². The number of ether oxygens (including phenoxy) is 2. The maximum atomic E-state index is 14.8. The minimum Gasteiger partial charge on any atom is -0.447 e. The van der Waals surface area contributed by atoms with Crippen molar-refractivity contribution in [2.24, 2.45) is 5.92 Å². The average Bonchev–Trinajstić information content (AvgIpc) is 3.03. The van der Waals surface area contributed by atoms with E-state index in [-0.39, 0.29) is 18.9 Å². The number of carbonyl (C=O) groups is 3. The number of imide groups is 1. The summed E-state index contributed by atoms with van der Waals surface area (Å²) in [6.45, 7) is 8.71. The summed E-state index contributed by atoms with van der Waals surface area (Å²) in [7, 11) is 0. The lowest BCUT2D eigenvalue weighted by Crippen LogP contribution is -2.42. The SMILES string of the molecule is CC(C)[C@@H](NC(=O)OC(C)(C)C)/C(F)=C/CC(=O)N1C(=O)OC[C@@H]1Cc1ccccc1. The molecule has 1 heterocycles. The van der Waals surface area contributed by atoms with Crippen LogP contribution in [0.25, 0.3) is 0 Å². The molecule has 3 amide bonds.